The smallest absolute Gasteiger partial charge is 0.255 e. The third kappa shape index (κ3) is 3.16. The molecule has 1 atom stereocenters. The quantitative estimate of drug-likeness (QED) is 0.542. The Morgan fingerprint density at radius 3 is 2.69 bits per heavy atom. The Bertz CT molecular complexity index is 1180. The van der Waals surface area contributed by atoms with Crippen molar-refractivity contribution < 1.29 is 4.79 Å². The predicted molar refractivity (Wildman–Crippen MR) is 110 cm³/mol. The average Bonchev–Trinajstić information content (AvgIpc) is 3.16. The lowest BCUT2D eigenvalue weighted by Crippen LogP contribution is -2.40. The monoisotopic (exact) mass is 383 g/mol. The molecule has 6 nitrogen and oxygen atoms in total. The summed E-state index contributed by atoms with van der Waals surface area (Å²) in [5.41, 5.74) is 2.72. The maximum atomic E-state index is 13.3. The van der Waals surface area contributed by atoms with E-state index >= 15 is 0 Å². The summed E-state index contributed by atoms with van der Waals surface area (Å²) in [5, 5.41) is 9.70. The molecule has 3 heterocycles. The third-order valence-electron chi connectivity index (χ3n) is 5.47. The third-order valence-corrected chi connectivity index (χ3v) is 5.47. The number of aromatic nitrogens is 4. The number of benzene rings is 2. The van der Waals surface area contributed by atoms with Gasteiger partial charge in [0.05, 0.1) is 23.7 Å². The van der Waals surface area contributed by atoms with Gasteiger partial charge >= 0.3 is 0 Å². The fraction of sp³-hybridized carbons (Fsp3) is 0.217. The minimum atomic E-state index is 0.00862. The van der Waals surface area contributed by atoms with Gasteiger partial charge in [0.25, 0.3) is 5.91 Å². The summed E-state index contributed by atoms with van der Waals surface area (Å²) in [7, 11) is 0. The maximum Gasteiger partial charge on any atom is 0.255 e. The lowest BCUT2D eigenvalue weighted by molar-refractivity contribution is 0.0681. The summed E-state index contributed by atoms with van der Waals surface area (Å²) in [6.07, 6.45) is 2.44. The minimum Gasteiger partial charge on any atom is -0.329 e. The molecule has 6 heteroatoms. The second-order valence-electron chi connectivity index (χ2n) is 7.48. The van der Waals surface area contributed by atoms with Crippen molar-refractivity contribution in [3.8, 4) is 0 Å². The highest BCUT2D eigenvalue weighted by molar-refractivity contribution is 6.05. The Kier molecular flexibility index (Phi) is 4.31. The molecular weight excluding hydrogens is 362 g/mol. The number of rotatable bonds is 3. The lowest BCUT2D eigenvalue weighted by atomic mass is 10.1. The van der Waals surface area contributed by atoms with Crippen LogP contribution in [0.4, 0.5) is 0 Å². The molecule has 1 aliphatic heterocycles. The highest BCUT2D eigenvalue weighted by Gasteiger charge is 2.30. The predicted octanol–water partition coefficient (Wildman–Crippen LogP) is 3.63. The minimum absolute atomic E-state index is 0.00862. The van der Waals surface area contributed by atoms with Crippen LogP contribution in [0, 0.1) is 0 Å². The second kappa shape index (κ2) is 7.13. The number of carbonyl (C=O) groups excluding carboxylic acids is 1. The molecule has 1 amide bonds. The highest BCUT2D eigenvalue weighted by Crippen LogP contribution is 2.26. The molecule has 0 bridgehead atoms. The van der Waals surface area contributed by atoms with E-state index in [2.05, 4.69) is 38.8 Å². The lowest BCUT2D eigenvalue weighted by Gasteiger charge is -2.33. The van der Waals surface area contributed by atoms with Gasteiger partial charge in [-0.2, -0.15) is 0 Å². The molecule has 0 aliphatic carbocycles. The van der Waals surface area contributed by atoms with Gasteiger partial charge in [-0.05, 0) is 24.6 Å². The fourth-order valence-electron chi connectivity index (χ4n) is 4.12. The van der Waals surface area contributed by atoms with Crippen LogP contribution < -0.4 is 0 Å². The molecule has 0 fully saturated rings. The average molecular weight is 383 g/mol. The van der Waals surface area contributed by atoms with Crippen molar-refractivity contribution in [1.82, 2.24) is 24.6 Å². The molecule has 0 N–H and O–H groups in total. The Morgan fingerprint density at radius 1 is 1.03 bits per heavy atom. The van der Waals surface area contributed by atoms with E-state index in [0.717, 1.165) is 29.0 Å². The van der Waals surface area contributed by atoms with Gasteiger partial charge in [-0.15, -0.1) is 10.2 Å². The number of pyridine rings is 1. The first-order chi connectivity index (χ1) is 14.2. The summed E-state index contributed by atoms with van der Waals surface area (Å²) in [4.78, 5) is 19.5. The van der Waals surface area contributed by atoms with Gasteiger partial charge in [-0.1, -0.05) is 48.5 Å². The SMILES string of the molecule is C[C@H]1CN(C(=O)c2ccnc3ccccc23)Cc2nnc(Cc3ccccc3)n21. The van der Waals surface area contributed by atoms with E-state index in [0.29, 0.717) is 18.7 Å². The van der Waals surface area contributed by atoms with Gasteiger partial charge in [0, 0.05) is 24.5 Å². The molecule has 5 rings (SSSR count). The topological polar surface area (TPSA) is 63.9 Å². The number of para-hydroxylation sites is 1. The zero-order valence-corrected chi connectivity index (χ0v) is 16.2. The van der Waals surface area contributed by atoms with Crippen LogP contribution in [-0.2, 0) is 13.0 Å². The zero-order chi connectivity index (χ0) is 19.8. The summed E-state index contributed by atoms with van der Waals surface area (Å²) in [5.74, 6) is 1.79. The number of fused-ring (bicyclic) bond motifs is 2. The molecule has 2 aromatic heterocycles. The maximum absolute atomic E-state index is 13.3. The van der Waals surface area contributed by atoms with E-state index in [1.54, 1.807) is 12.3 Å². The van der Waals surface area contributed by atoms with Gasteiger partial charge < -0.3 is 9.47 Å². The van der Waals surface area contributed by atoms with Crippen molar-refractivity contribution in [3.05, 3.63) is 89.6 Å². The number of hydrogen-bond donors (Lipinski definition) is 0. The van der Waals surface area contributed by atoms with Gasteiger partial charge in [0.15, 0.2) is 5.82 Å². The van der Waals surface area contributed by atoms with Crippen molar-refractivity contribution >= 4 is 16.8 Å². The van der Waals surface area contributed by atoms with Crippen molar-refractivity contribution in [2.75, 3.05) is 6.54 Å². The van der Waals surface area contributed by atoms with E-state index < -0.39 is 0 Å². The fourth-order valence-corrected chi connectivity index (χ4v) is 4.12. The molecule has 0 saturated carbocycles. The van der Waals surface area contributed by atoms with Crippen LogP contribution in [0.5, 0.6) is 0 Å². The standard InChI is InChI=1S/C23H21N5O/c1-16-14-27(23(29)19-11-12-24-20-10-6-5-9-18(19)20)15-22-26-25-21(28(16)22)13-17-7-3-2-4-8-17/h2-12,16H,13-15H2,1H3/t16-/m0/s1. The van der Waals surface area contributed by atoms with Crippen molar-refractivity contribution in [3.63, 3.8) is 0 Å². The molecule has 0 unspecified atom stereocenters. The van der Waals surface area contributed by atoms with Crippen LogP contribution in [-0.4, -0.2) is 37.1 Å². The first-order valence-corrected chi connectivity index (χ1v) is 9.80. The van der Waals surface area contributed by atoms with Crippen LogP contribution in [0.2, 0.25) is 0 Å². The molecule has 0 radical (unpaired) electrons. The van der Waals surface area contributed by atoms with Gasteiger partial charge in [-0.25, -0.2) is 0 Å². The first kappa shape index (κ1) is 17.6. The molecule has 4 aromatic rings. The van der Waals surface area contributed by atoms with E-state index in [1.807, 2.05) is 47.4 Å². The summed E-state index contributed by atoms with van der Waals surface area (Å²) >= 11 is 0. The van der Waals surface area contributed by atoms with Crippen LogP contribution in [0.3, 0.4) is 0 Å². The highest BCUT2D eigenvalue weighted by atomic mass is 16.2. The normalized spacial score (nSPS) is 16.0. The number of amides is 1. The molecule has 0 spiro atoms. The molecular formula is C23H21N5O. The van der Waals surface area contributed by atoms with E-state index in [9.17, 15) is 4.79 Å². The molecule has 144 valence electrons. The molecule has 29 heavy (non-hydrogen) atoms. The Hall–Kier alpha value is -3.54. The zero-order valence-electron chi connectivity index (χ0n) is 16.2. The van der Waals surface area contributed by atoms with Crippen molar-refractivity contribution in [2.24, 2.45) is 0 Å². The van der Waals surface area contributed by atoms with Crippen LogP contribution in [0.1, 0.15) is 40.5 Å². The number of carbonyl (C=O) groups is 1. The second-order valence-corrected chi connectivity index (χ2v) is 7.48. The van der Waals surface area contributed by atoms with Gasteiger partial charge in [0.1, 0.15) is 5.82 Å². The summed E-state index contributed by atoms with van der Waals surface area (Å²) in [6.45, 7) is 3.20. The Morgan fingerprint density at radius 2 is 1.83 bits per heavy atom. The Labute approximate surface area is 168 Å². The Balaban J connectivity index is 1.44. The number of hydrogen-bond acceptors (Lipinski definition) is 4. The molecule has 2 aromatic carbocycles. The summed E-state index contributed by atoms with van der Waals surface area (Å²) in [6, 6.07) is 19.9. The van der Waals surface area contributed by atoms with Crippen molar-refractivity contribution in [1.29, 1.82) is 0 Å². The van der Waals surface area contributed by atoms with Crippen molar-refractivity contribution in [2.45, 2.75) is 25.9 Å². The molecule has 1 aliphatic rings. The first-order valence-electron chi connectivity index (χ1n) is 9.80. The van der Waals surface area contributed by atoms with E-state index in [1.165, 1.54) is 5.56 Å². The number of nitrogens with zero attached hydrogens (tertiary/aromatic N) is 5. The van der Waals surface area contributed by atoms with Gasteiger partial charge in [-0.3, -0.25) is 9.78 Å². The van der Waals surface area contributed by atoms with E-state index in [4.69, 9.17) is 0 Å². The summed E-state index contributed by atoms with van der Waals surface area (Å²) < 4.78 is 2.18. The van der Waals surface area contributed by atoms with Crippen LogP contribution >= 0.6 is 0 Å². The molecule has 0 saturated heterocycles. The van der Waals surface area contributed by atoms with Gasteiger partial charge in [0.2, 0.25) is 0 Å². The van der Waals surface area contributed by atoms with E-state index in [-0.39, 0.29) is 11.9 Å². The van der Waals surface area contributed by atoms with Crippen LogP contribution in [0.15, 0.2) is 66.9 Å². The van der Waals surface area contributed by atoms with Crippen LogP contribution in [0.25, 0.3) is 10.9 Å². The largest absolute Gasteiger partial charge is 0.329 e.